The van der Waals surface area contributed by atoms with Gasteiger partial charge in [0.15, 0.2) is 5.82 Å². The second kappa shape index (κ2) is 6.60. The van der Waals surface area contributed by atoms with E-state index in [2.05, 4.69) is 15.2 Å². The summed E-state index contributed by atoms with van der Waals surface area (Å²) in [6.07, 6.45) is 2.81. The number of likely N-dealkylation sites (tertiary alicyclic amines) is 1. The molecule has 120 valence electrons. The monoisotopic (exact) mass is 313 g/mol. The molecule has 1 aromatic carbocycles. The molecular weight excluding hydrogens is 294 g/mol. The molecule has 1 aliphatic heterocycles. The van der Waals surface area contributed by atoms with E-state index in [-0.39, 0.29) is 18.4 Å². The average molecular weight is 313 g/mol. The minimum Gasteiger partial charge on any atom is -0.369 e. The van der Waals surface area contributed by atoms with E-state index in [1.165, 1.54) is 0 Å². The summed E-state index contributed by atoms with van der Waals surface area (Å²) in [5.41, 5.74) is 5.83. The Bertz CT molecular complexity index is 698. The standard InChI is InChI=1S/C16H19N5O2/c17-13(22)10-14-18-15(20-19-14)12-8-4-5-9-21(12)16(23)11-6-2-1-3-7-11/h1-3,6-7,12H,4-5,8-10H2,(H2,17,22)(H,18,19,20). The fraction of sp³-hybridized carbons (Fsp3) is 0.375. The van der Waals surface area contributed by atoms with Crippen LogP contribution in [0.1, 0.15) is 47.3 Å². The highest BCUT2D eigenvalue weighted by atomic mass is 16.2. The fourth-order valence-electron chi connectivity index (χ4n) is 2.89. The van der Waals surface area contributed by atoms with Crippen molar-refractivity contribution in [2.45, 2.75) is 31.7 Å². The Kier molecular flexibility index (Phi) is 4.36. The van der Waals surface area contributed by atoms with Crippen LogP contribution >= 0.6 is 0 Å². The van der Waals surface area contributed by atoms with E-state index in [1.807, 2.05) is 35.2 Å². The van der Waals surface area contributed by atoms with Crippen molar-refractivity contribution >= 4 is 11.8 Å². The lowest BCUT2D eigenvalue weighted by molar-refractivity contribution is -0.117. The number of hydrogen-bond donors (Lipinski definition) is 2. The van der Waals surface area contributed by atoms with Gasteiger partial charge >= 0.3 is 0 Å². The molecule has 7 heteroatoms. The molecule has 1 unspecified atom stereocenters. The third kappa shape index (κ3) is 3.39. The number of primary amides is 1. The first kappa shape index (κ1) is 15.2. The largest absolute Gasteiger partial charge is 0.369 e. The van der Waals surface area contributed by atoms with Gasteiger partial charge in [-0.25, -0.2) is 4.98 Å². The number of nitrogens with one attached hydrogen (secondary N) is 1. The molecule has 1 atom stereocenters. The van der Waals surface area contributed by atoms with Crippen LogP contribution in [0.25, 0.3) is 0 Å². The Morgan fingerprint density at radius 2 is 2.04 bits per heavy atom. The third-order valence-corrected chi connectivity index (χ3v) is 3.97. The van der Waals surface area contributed by atoms with Gasteiger partial charge in [-0.15, -0.1) is 0 Å². The van der Waals surface area contributed by atoms with Gasteiger partial charge in [0, 0.05) is 12.1 Å². The maximum atomic E-state index is 12.8. The molecule has 0 aliphatic carbocycles. The number of carbonyl (C=O) groups is 2. The van der Waals surface area contributed by atoms with Crippen LogP contribution in [-0.2, 0) is 11.2 Å². The Hall–Kier alpha value is -2.70. The summed E-state index contributed by atoms with van der Waals surface area (Å²) in [4.78, 5) is 29.9. The Morgan fingerprint density at radius 3 is 2.78 bits per heavy atom. The summed E-state index contributed by atoms with van der Waals surface area (Å²) in [6, 6.07) is 9.04. The van der Waals surface area contributed by atoms with Crippen molar-refractivity contribution in [3.05, 3.63) is 47.5 Å². The number of piperidine rings is 1. The molecule has 1 saturated heterocycles. The van der Waals surface area contributed by atoms with Gasteiger partial charge in [0.05, 0.1) is 12.5 Å². The quantitative estimate of drug-likeness (QED) is 0.884. The number of benzene rings is 1. The van der Waals surface area contributed by atoms with Crippen LogP contribution in [0.3, 0.4) is 0 Å². The van der Waals surface area contributed by atoms with Crippen LogP contribution in [0.5, 0.6) is 0 Å². The van der Waals surface area contributed by atoms with Crippen LogP contribution in [0.15, 0.2) is 30.3 Å². The summed E-state index contributed by atoms with van der Waals surface area (Å²) in [5.74, 6) is 0.500. The topological polar surface area (TPSA) is 105 Å². The third-order valence-electron chi connectivity index (χ3n) is 3.97. The molecule has 0 radical (unpaired) electrons. The molecule has 2 amide bonds. The van der Waals surface area contributed by atoms with Crippen molar-refractivity contribution in [1.82, 2.24) is 20.1 Å². The molecular formula is C16H19N5O2. The molecule has 0 bridgehead atoms. The minimum absolute atomic E-state index is 0.0171. The molecule has 0 spiro atoms. The second-order valence-electron chi connectivity index (χ2n) is 5.66. The smallest absolute Gasteiger partial charge is 0.254 e. The van der Waals surface area contributed by atoms with Gasteiger partial charge in [0.1, 0.15) is 5.82 Å². The van der Waals surface area contributed by atoms with Crippen LogP contribution in [0.2, 0.25) is 0 Å². The minimum atomic E-state index is -0.464. The van der Waals surface area contributed by atoms with Gasteiger partial charge < -0.3 is 10.6 Å². The number of aromatic amines is 1. The lowest BCUT2D eigenvalue weighted by atomic mass is 10.00. The number of nitrogens with zero attached hydrogens (tertiary/aromatic N) is 3. The van der Waals surface area contributed by atoms with E-state index in [9.17, 15) is 9.59 Å². The van der Waals surface area contributed by atoms with Crippen LogP contribution in [0, 0.1) is 0 Å². The highest BCUT2D eigenvalue weighted by molar-refractivity contribution is 5.94. The lowest BCUT2D eigenvalue weighted by Gasteiger charge is -2.34. The maximum Gasteiger partial charge on any atom is 0.254 e. The zero-order valence-electron chi connectivity index (χ0n) is 12.7. The normalized spacial score (nSPS) is 17.9. The molecule has 1 aromatic heterocycles. The van der Waals surface area contributed by atoms with Crippen molar-refractivity contribution in [2.75, 3.05) is 6.54 Å². The highest BCUT2D eigenvalue weighted by Gasteiger charge is 2.31. The average Bonchev–Trinajstić information content (AvgIpc) is 3.02. The predicted molar refractivity (Wildman–Crippen MR) is 83.4 cm³/mol. The number of amides is 2. The van der Waals surface area contributed by atoms with E-state index < -0.39 is 5.91 Å². The SMILES string of the molecule is NC(=O)Cc1nc(C2CCCCN2C(=O)c2ccccc2)n[nH]1. The fourth-order valence-corrected chi connectivity index (χ4v) is 2.89. The summed E-state index contributed by atoms with van der Waals surface area (Å²) in [7, 11) is 0. The second-order valence-corrected chi connectivity index (χ2v) is 5.66. The van der Waals surface area contributed by atoms with Crippen LogP contribution in [0.4, 0.5) is 0 Å². The summed E-state index contributed by atoms with van der Waals surface area (Å²) < 4.78 is 0. The summed E-state index contributed by atoms with van der Waals surface area (Å²) in [5, 5.41) is 6.92. The molecule has 1 fully saturated rings. The van der Waals surface area contributed by atoms with E-state index in [0.29, 0.717) is 23.8 Å². The van der Waals surface area contributed by atoms with Gasteiger partial charge in [-0.05, 0) is 31.4 Å². The van der Waals surface area contributed by atoms with Crippen molar-refractivity contribution in [2.24, 2.45) is 5.73 Å². The van der Waals surface area contributed by atoms with Gasteiger partial charge in [-0.1, -0.05) is 18.2 Å². The van der Waals surface area contributed by atoms with E-state index in [1.54, 1.807) is 0 Å². The highest BCUT2D eigenvalue weighted by Crippen LogP contribution is 2.30. The Morgan fingerprint density at radius 1 is 1.26 bits per heavy atom. The maximum absolute atomic E-state index is 12.8. The van der Waals surface area contributed by atoms with Gasteiger partial charge in [-0.2, -0.15) is 5.10 Å². The van der Waals surface area contributed by atoms with E-state index in [4.69, 9.17) is 5.73 Å². The van der Waals surface area contributed by atoms with Crippen molar-refractivity contribution in [3.8, 4) is 0 Å². The number of carbonyl (C=O) groups excluding carboxylic acids is 2. The van der Waals surface area contributed by atoms with Gasteiger partial charge in [0.2, 0.25) is 5.91 Å². The molecule has 7 nitrogen and oxygen atoms in total. The number of H-pyrrole nitrogens is 1. The van der Waals surface area contributed by atoms with Gasteiger partial charge in [0.25, 0.3) is 5.91 Å². The summed E-state index contributed by atoms with van der Waals surface area (Å²) in [6.45, 7) is 0.679. The van der Waals surface area contributed by atoms with Crippen LogP contribution in [-0.4, -0.2) is 38.4 Å². The van der Waals surface area contributed by atoms with Gasteiger partial charge in [-0.3, -0.25) is 14.7 Å². The first-order chi connectivity index (χ1) is 11.1. The molecule has 3 rings (SSSR count). The molecule has 0 saturated carbocycles. The zero-order valence-corrected chi connectivity index (χ0v) is 12.7. The number of rotatable bonds is 4. The molecule has 3 N–H and O–H groups in total. The first-order valence-electron chi connectivity index (χ1n) is 7.70. The van der Waals surface area contributed by atoms with Crippen molar-refractivity contribution < 1.29 is 9.59 Å². The number of aromatic nitrogens is 3. The van der Waals surface area contributed by atoms with Crippen molar-refractivity contribution in [1.29, 1.82) is 0 Å². The first-order valence-corrected chi connectivity index (χ1v) is 7.70. The molecule has 2 heterocycles. The Labute approximate surface area is 133 Å². The lowest BCUT2D eigenvalue weighted by Crippen LogP contribution is -2.39. The van der Waals surface area contributed by atoms with E-state index in [0.717, 1.165) is 19.3 Å². The number of nitrogens with two attached hydrogens (primary N) is 1. The van der Waals surface area contributed by atoms with E-state index >= 15 is 0 Å². The molecule has 1 aliphatic rings. The zero-order chi connectivity index (χ0) is 16.2. The molecule has 23 heavy (non-hydrogen) atoms. The predicted octanol–water partition coefficient (Wildman–Crippen LogP) is 1.20. The Balaban J connectivity index is 1.82. The summed E-state index contributed by atoms with van der Waals surface area (Å²) >= 11 is 0. The van der Waals surface area contributed by atoms with Crippen LogP contribution < -0.4 is 5.73 Å². The van der Waals surface area contributed by atoms with Crippen molar-refractivity contribution in [3.63, 3.8) is 0 Å². The number of hydrogen-bond acceptors (Lipinski definition) is 4. The molecule has 2 aromatic rings.